The first-order valence-corrected chi connectivity index (χ1v) is 8.80. The molecule has 2 saturated carbocycles. The predicted octanol–water partition coefficient (Wildman–Crippen LogP) is 1.78. The summed E-state index contributed by atoms with van der Waals surface area (Å²) in [6.45, 7) is 4.29. The van der Waals surface area contributed by atoms with E-state index < -0.39 is 0 Å². The zero-order chi connectivity index (χ0) is 17.0. The summed E-state index contributed by atoms with van der Waals surface area (Å²) in [5.74, 6) is 2.69. The van der Waals surface area contributed by atoms with Crippen LogP contribution in [0.4, 0.5) is 11.8 Å². The number of imidazole rings is 1. The first kappa shape index (κ1) is 15.6. The second-order valence-electron chi connectivity index (χ2n) is 7.62. The summed E-state index contributed by atoms with van der Waals surface area (Å²) in [7, 11) is 4.04. The summed E-state index contributed by atoms with van der Waals surface area (Å²) >= 11 is 0. The largest absolute Gasteiger partial charge is 0.393 e. The van der Waals surface area contributed by atoms with Crippen molar-refractivity contribution in [1.82, 2.24) is 19.5 Å². The molecule has 2 bridgehead atoms. The van der Waals surface area contributed by atoms with Gasteiger partial charge >= 0.3 is 0 Å². The van der Waals surface area contributed by atoms with Gasteiger partial charge in [0, 0.05) is 26.2 Å². The van der Waals surface area contributed by atoms with E-state index >= 15 is 0 Å². The van der Waals surface area contributed by atoms with E-state index in [0.29, 0.717) is 23.9 Å². The van der Waals surface area contributed by atoms with Crippen molar-refractivity contribution in [3.8, 4) is 0 Å². The van der Waals surface area contributed by atoms with Gasteiger partial charge in [0.05, 0.1) is 6.10 Å². The van der Waals surface area contributed by atoms with Crippen LogP contribution in [0.3, 0.4) is 0 Å². The molecule has 0 spiro atoms. The summed E-state index contributed by atoms with van der Waals surface area (Å²) < 4.78 is 2.02. The maximum atomic E-state index is 9.95. The Bertz CT molecular complexity index is 755. The van der Waals surface area contributed by atoms with Crippen molar-refractivity contribution in [2.24, 2.45) is 18.9 Å². The van der Waals surface area contributed by atoms with Gasteiger partial charge in [-0.2, -0.15) is 0 Å². The minimum absolute atomic E-state index is 0.111. The fourth-order valence-electron chi connectivity index (χ4n) is 4.24. The summed E-state index contributed by atoms with van der Waals surface area (Å²) in [6.07, 6.45) is 4.53. The third kappa shape index (κ3) is 2.33. The number of aliphatic hydroxyl groups excluding tert-OH is 1. The molecule has 0 unspecified atom stereocenters. The number of hydrogen-bond acceptors (Lipinski definition) is 6. The van der Waals surface area contributed by atoms with Crippen LogP contribution >= 0.6 is 0 Å². The normalized spacial score (nSPS) is 28.9. The van der Waals surface area contributed by atoms with E-state index in [2.05, 4.69) is 34.0 Å². The molecular weight excluding hydrogens is 304 g/mol. The van der Waals surface area contributed by atoms with Crippen LogP contribution in [0, 0.1) is 11.8 Å². The molecule has 0 aromatic carbocycles. The van der Waals surface area contributed by atoms with Crippen LogP contribution < -0.4 is 10.2 Å². The molecule has 24 heavy (non-hydrogen) atoms. The van der Waals surface area contributed by atoms with Crippen molar-refractivity contribution >= 4 is 22.9 Å². The lowest BCUT2D eigenvalue weighted by atomic mass is 9.93. The van der Waals surface area contributed by atoms with Gasteiger partial charge in [0.1, 0.15) is 6.33 Å². The minimum atomic E-state index is -0.111. The van der Waals surface area contributed by atoms with Gasteiger partial charge in [0.2, 0.25) is 5.95 Å². The molecule has 2 aliphatic rings. The number of aromatic nitrogens is 4. The maximum absolute atomic E-state index is 9.95. The van der Waals surface area contributed by atoms with Gasteiger partial charge in [-0.25, -0.2) is 15.0 Å². The molecule has 4 rings (SSSR count). The number of nitrogens with one attached hydrogen (secondary N) is 1. The number of hydrogen-bond donors (Lipinski definition) is 2. The van der Waals surface area contributed by atoms with Crippen molar-refractivity contribution < 1.29 is 5.11 Å². The molecule has 7 heteroatoms. The number of anilines is 2. The first-order valence-electron chi connectivity index (χ1n) is 8.80. The van der Waals surface area contributed by atoms with Crippen LogP contribution in [0.25, 0.3) is 11.2 Å². The van der Waals surface area contributed by atoms with E-state index in [1.807, 2.05) is 18.7 Å². The predicted molar refractivity (Wildman–Crippen MR) is 94.1 cm³/mol. The molecule has 0 radical (unpaired) electrons. The smallest absolute Gasteiger partial charge is 0.207 e. The highest BCUT2D eigenvalue weighted by Crippen LogP contribution is 2.46. The van der Waals surface area contributed by atoms with Gasteiger partial charge in [-0.3, -0.25) is 4.57 Å². The van der Waals surface area contributed by atoms with Gasteiger partial charge in [0.15, 0.2) is 17.0 Å². The SMILES string of the molecule is CC(C)N(C)c1nc2c(N[C@@H]3C[C@H]4C[C@@H]3C[C@H]4O)ncnc2n1C. The van der Waals surface area contributed by atoms with E-state index in [1.165, 1.54) is 0 Å². The molecule has 0 amide bonds. The van der Waals surface area contributed by atoms with Crippen molar-refractivity contribution in [3.63, 3.8) is 0 Å². The maximum Gasteiger partial charge on any atom is 0.207 e. The summed E-state index contributed by atoms with van der Waals surface area (Å²) in [5.41, 5.74) is 1.67. The summed E-state index contributed by atoms with van der Waals surface area (Å²) in [4.78, 5) is 15.8. The minimum Gasteiger partial charge on any atom is -0.393 e. The zero-order valence-corrected chi connectivity index (χ0v) is 14.8. The lowest BCUT2D eigenvalue weighted by molar-refractivity contribution is 0.110. The quantitative estimate of drug-likeness (QED) is 0.890. The van der Waals surface area contributed by atoms with Crippen LogP contribution in [0.2, 0.25) is 0 Å². The molecule has 0 saturated heterocycles. The average molecular weight is 330 g/mol. The average Bonchev–Trinajstić information content (AvgIpc) is 3.20. The van der Waals surface area contributed by atoms with E-state index in [9.17, 15) is 5.11 Å². The number of rotatable bonds is 4. The fourth-order valence-corrected chi connectivity index (χ4v) is 4.24. The Balaban J connectivity index is 1.66. The molecular formula is C17H26N6O. The molecule has 2 heterocycles. The van der Waals surface area contributed by atoms with Crippen LogP contribution in [0.1, 0.15) is 33.1 Å². The third-order valence-electron chi connectivity index (χ3n) is 5.86. The Labute approximate surface area is 142 Å². The van der Waals surface area contributed by atoms with E-state index in [1.54, 1.807) is 6.33 Å². The summed E-state index contributed by atoms with van der Waals surface area (Å²) in [6, 6.07) is 0.738. The number of fused-ring (bicyclic) bond motifs is 3. The Kier molecular flexibility index (Phi) is 3.63. The van der Waals surface area contributed by atoms with Crippen LogP contribution in [-0.2, 0) is 7.05 Å². The Hall–Kier alpha value is -1.89. The Morgan fingerprint density at radius 2 is 2.04 bits per heavy atom. The molecule has 7 nitrogen and oxygen atoms in total. The molecule has 130 valence electrons. The van der Waals surface area contributed by atoms with E-state index in [4.69, 9.17) is 4.98 Å². The van der Waals surface area contributed by atoms with Gasteiger partial charge in [0.25, 0.3) is 0 Å². The second-order valence-corrected chi connectivity index (χ2v) is 7.62. The van der Waals surface area contributed by atoms with Crippen molar-refractivity contribution in [2.45, 2.75) is 51.3 Å². The molecule has 2 aliphatic carbocycles. The van der Waals surface area contributed by atoms with Crippen molar-refractivity contribution in [1.29, 1.82) is 0 Å². The lowest BCUT2D eigenvalue weighted by Gasteiger charge is -2.26. The number of aryl methyl sites for hydroxylation is 1. The zero-order valence-electron chi connectivity index (χ0n) is 14.8. The summed E-state index contributed by atoms with van der Waals surface area (Å²) in [5, 5.41) is 13.5. The third-order valence-corrected chi connectivity index (χ3v) is 5.86. The van der Waals surface area contributed by atoms with Gasteiger partial charge in [-0.15, -0.1) is 0 Å². The monoisotopic (exact) mass is 330 g/mol. The van der Waals surface area contributed by atoms with E-state index in [-0.39, 0.29) is 6.10 Å². The standard InChI is InChI=1S/C17H26N6O/c1-9(2)22(3)17-21-14-15(18-8-19-16(14)23(17)4)20-12-6-11-5-10(12)7-13(11)24/h8-13,24H,5-7H2,1-4H3,(H,18,19,20)/t10-,11-,12-,13-/m1/s1. The topological polar surface area (TPSA) is 79.1 Å². The number of nitrogens with zero attached hydrogens (tertiary/aromatic N) is 5. The first-order chi connectivity index (χ1) is 11.5. The molecule has 2 aromatic rings. The highest BCUT2D eigenvalue weighted by molar-refractivity contribution is 5.85. The van der Waals surface area contributed by atoms with Crippen LogP contribution in [0.5, 0.6) is 0 Å². The number of aliphatic hydroxyl groups is 1. The molecule has 2 N–H and O–H groups in total. The Morgan fingerprint density at radius 3 is 2.67 bits per heavy atom. The Morgan fingerprint density at radius 1 is 1.25 bits per heavy atom. The molecule has 0 aliphatic heterocycles. The highest BCUT2D eigenvalue weighted by Gasteiger charge is 2.45. The molecule has 2 fully saturated rings. The second kappa shape index (κ2) is 5.58. The molecule has 2 aromatic heterocycles. The highest BCUT2D eigenvalue weighted by atomic mass is 16.3. The lowest BCUT2D eigenvalue weighted by Crippen LogP contribution is -2.31. The molecule has 4 atom stereocenters. The van der Waals surface area contributed by atoms with Gasteiger partial charge in [-0.1, -0.05) is 0 Å². The van der Waals surface area contributed by atoms with Crippen LogP contribution in [-0.4, -0.2) is 49.9 Å². The van der Waals surface area contributed by atoms with Crippen molar-refractivity contribution in [3.05, 3.63) is 6.33 Å². The van der Waals surface area contributed by atoms with Crippen molar-refractivity contribution in [2.75, 3.05) is 17.3 Å². The van der Waals surface area contributed by atoms with Gasteiger partial charge < -0.3 is 15.3 Å². The fraction of sp³-hybridized carbons (Fsp3) is 0.706. The van der Waals surface area contributed by atoms with Crippen LogP contribution in [0.15, 0.2) is 6.33 Å². The van der Waals surface area contributed by atoms with Gasteiger partial charge in [-0.05, 0) is 44.9 Å². The van der Waals surface area contributed by atoms with E-state index in [0.717, 1.165) is 42.2 Å².